The van der Waals surface area contributed by atoms with E-state index in [9.17, 15) is 9.18 Å². The summed E-state index contributed by atoms with van der Waals surface area (Å²) in [7, 11) is 0. The number of halogens is 2. The summed E-state index contributed by atoms with van der Waals surface area (Å²) in [5, 5.41) is 8.86. The van der Waals surface area contributed by atoms with Gasteiger partial charge in [-0.15, -0.1) is 0 Å². The van der Waals surface area contributed by atoms with Crippen LogP contribution in [-0.2, 0) is 11.3 Å². The number of likely N-dealkylation sites (tertiary alicyclic amines) is 1. The lowest BCUT2D eigenvalue weighted by atomic mass is 10.1. The monoisotopic (exact) mass is 315 g/mol. The van der Waals surface area contributed by atoms with E-state index in [1.54, 1.807) is 6.07 Å². The van der Waals surface area contributed by atoms with Gasteiger partial charge in [-0.2, -0.15) is 0 Å². The third-order valence-electron chi connectivity index (χ3n) is 3.30. The minimum absolute atomic E-state index is 0.0967. The topological polar surface area (TPSA) is 40.5 Å². The van der Waals surface area contributed by atoms with Crippen LogP contribution in [0.25, 0.3) is 0 Å². The van der Waals surface area contributed by atoms with Gasteiger partial charge in [0.25, 0.3) is 0 Å². The van der Waals surface area contributed by atoms with Crippen molar-refractivity contribution >= 4 is 21.9 Å². The summed E-state index contributed by atoms with van der Waals surface area (Å²) in [6, 6.07) is 4.72. The van der Waals surface area contributed by atoms with Gasteiger partial charge in [-0.05, 0) is 37.1 Å². The Hall–Kier alpha value is -0.940. The number of carboxylic acids is 1. The molecule has 0 aliphatic carbocycles. The first-order valence-corrected chi connectivity index (χ1v) is 6.75. The Morgan fingerprint density at radius 1 is 1.56 bits per heavy atom. The van der Waals surface area contributed by atoms with Crippen LogP contribution < -0.4 is 0 Å². The van der Waals surface area contributed by atoms with Gasteiger partial charge in [0.2, 0.25) is 0 Å². The van der Waals surface area contributed by atoms with E-state index in [-0.39, 0.29) is 18.3 Å². The van der Waals surface area contributed by atoms with Crippen molar-refractivity contribution < 1.29 is 14.3 Å². The number of benzene rings is 1. The van der Waals surface area contributed by atoms with E-state index in [1.165, 1.54) is 12.1 Å². The first-order chi connectivity index (χ1) is 8.56. The molecule has 1 fully saturated rings. The van der Waals surface area contributed by atoms with Crippen molar-refractivity contribution in [1.29, 1.82) is 0 Å². The van der Waals surface area contributed by atoms with Crippen molar-refractivity contribution in [2.75, 3.05) is 6.54 Å². The van der Waals surface area contributed by atoms with Crippen LogP contribution in [0.4, 0.5) is 4.39 Å². The molecule has 3 nitrogen and oxygen atoms in total. The van der Waals surface area contributed by atoms with Gasteiger partial charge in [-0.1, -0.05) is 22.0 Å². The average Bonchev–Trinajstić information content (AvgIpc) is 2.69. The second-order valence-electron chi connectivity index (χ2n) is 4.60. The van der Waals surface area contributed by atoms with Crippen molar-refractivity contribution in [3.8, 4) is 0 Å². The van der Waals surface area contributed by atoms with Crippen LogP contribution in [0.2, 0.25) is 0 Å². The van der Waals surface area contributed by atoms with E-state index in [0.29, 0.717) is 6.54 Å². The minimum atomic E-state index is -0.759. The second-order valence-corrected chi connectivity index (χ2v) is 5.45. The highest BCUT2D eigenvalue weighted by Crippen LogP contribution is 2.26. The van der Waals surface area contributed by atoms with Gasteiger partial charge in [-0.25, -0.2) is 4.39 Å². The predicted molar refractivity (Wildman–Crippen MR) is 69.8 cm³/mol. The molecule has 1 aliphatic rings. The molecule has 18 heavy (non-hydrogen) atoms. The van der Waals surface area contributed by atoms with Crippen LogP contribution in [0, 0.1) is 5.82 Å². The molecule has 1 saturated heterocycles. The van der Waals surface area contributed by atoms with Gasteiger partial charge in [0.15, 0.2) is 0 Å². The summed E-state index contributed by atoms with van der Waals surface area (Å²) in [6.07, 6.45) is 2.13. The summed E-state index contributed by atoms with van der Waals surface area (Å²) in [6.45, 7) is 1.57. The highest BCUT2D eigenvalue weighted by molar-refractivity contribution is 9.10. The van der Waals surface area contributed by atoms with Gasteiger partial charge in [0, 0.05) is 17.1 Å². The molecule has 1 unspecified atom stereocenters. The molecule has 1 aromatic rings. The quantitative estimate of drug-likeness (QED) is 0.928. The standard InChI is InChI=1S/C13H15BrFNO2/c14-12-6-10(15)4-3-9(12)8-16-5-1-2-11(16)7-13(17)18/h3-4,6,11H,1-2,5,7-8H2,(H,17,18). The number of carboxylic acid groups (broad SMARTS) is 1. The highest BCUT2D eigenvalue weighted by atomic mass is 79.9. The lowest BCUT2D eigenvalue weighted by Crippen LogP contribution is -2.30. The zero-order chi connectivity index (χ0) is 13.1. The lowest BCUT2D eigenvalue weighted by Gasteiger charge is -2.23. The highest BCUT2D eigenvalue weighted by Gasteiger charge is 2.26. The van der Waals surface area contributed by atoms with Crippen molar-refractivity contribution in [1.82, 2.24) is 4.90 Å². The van der Waals surface area contributed by atoms with Crippen LogP contribution in [0.5, 0.6) is 0 Å². The third-order valence-corrected chi connectivity index (χ3v) is 4.04. The van der Waals surface area contributed by atoms with Crippen LogP contribution in [0.15, 0.2) is 22.7 Å². The van der Waals surface area contributed by atoms with Crippen LogP contribution >= 0.6 is 15.9 Å². The van der Waals surface area contributed by atoms with Gasteiger partial charge in [0.05, 0.1) is 6.42 Å². The van der Waals surface area contributed by atoms with Crippen molar-refractivity contribution in [3.05, 3.63) is 34.1 Å². The molecule has 1 aromatic carbocycles. The van der Waals surface area contributed by atoms with Crippen molar-refractivity contribution in [2.24, 2.45) is 0 Å². The Kier molecular flexibility index (Phi) is 4.35. The molecule has 0 bridgehead atoms. The maximum absolute atomic E-state index is 13.0. The molecule has 0 spiro atoms. The average molecular weight is 316 g/mol. The Morgan fingerprint density at radius 2 is 2.33 bits per heavy atom. The molecule has 0 aromatic heterocycles. The van der Waals surface area contributed by atoms with E-state index in [2.05, 4.69) is 20.8 Å². The zero-order valence-corrected chi connectivity index (χ0v) is 11.5. The minimum Gasteiger partial charge on any atom is -0.481 e. The summed E-state index contributed by atoms with van der Waals surface area (Å²) < 4.78 is 13.7. The van der Waals surface area contributed by atoms with Gasteiger partial charge in [-0.3, -0.25) is 9.69 Å². The number of rotatable bonds is 4. The number of carbonyl (C=O) groups is 1. The first kappa shape index (κ1) is 13.5. The van der Waals surface area contributed by atoms with Gasteiger partial charge >= 0.3 is 5.97 Å². The number of hydrogen-bond donors (Lipinski definition) is 1. The summed E-state index contributed by atoms with van der Waals surface area (Å²) >= 11 is 3.34. The molecule has 2 rings (SSSR count). The van der Waals surface area contributed by atoms with Crippen LogP contribution in [0.1, 0.15) is 24.8 Å². The first-order valence-electron chi connectivity index (χ1n) is 5.96. The third kappa shape index (κ3) is 3.29. The molecule has 0 amide bonds. The molecule has 1 atom stereocenters. The Balaban J connectivity index is 2.05. The molecule has 1 N–H and O–H groups in total. The van der Waals surface area contributed by atoms with E-state index in [0.717, 1.165) is 29.4 Å². The SMILES string of the molecule is O=C(O)CC1CCCN1Cc1ccc(F)cc1Br. The molecule has 1 aliphatic heterocycles. The van der Waals surface area contributed by atoms with Gasteiger partial charge in [0.1, 0.15) is 5.82 Å². The smallest absolute Gasteiger partial charge is 0.304 e. The Morgan fingerprint density at radius 3 is 3.00 bits per heavy atom. The fourth-order valence-corrected chi connectivity index (χ4v) is 2.88. The lowest BCUT2D eigenvalue weighted by molar-refractivity contribution is -0.138. The number of hydrogen-bond acceptors (Lipinski definition) is 2. The molecule has 0 saturated carbocycles. The second kappa shape index (κ2) is 5.80. The van der Waals surface area contributed by atoms with Crippen LogP contribution in [-0.4, -0.2) is 28.6 Å². The van der Waals surface area contributed by atoms with E-state index < -0.39 is 5.97 Å². The zero-order valence-electron chi connectivity index (χ0n) is 9.90. The number of nitrogens with zero attached hydrogens (tertiary/aromatic N) is 1. The maximum atomic E-state index is 13.0. The predicted octanol–water partition coefficient (Wildman–Crippen LogP) is 3.03. The summed E-state index contributed by atoms with van der Waals surface area (Å²) in [5.74, 6) is -1.03. The molecule has 98 valence electrons. The maximum Gasteiger partial charge on any atom is 0.304 e. The molecule has 0 radical (unpaired) electrons. The molecular formula is C13H15BrFNO2. The van der Waals surface area contributed by atoms with E-state index in [4.69, 9.17) is 5.11 Å². The molecular weight excluding hydrogens is 301 g/mol. The fourth-order valence-electron chi connectivity index (χ4n) is 2.40. The normalized spacial score (nSPS) is 20.2. The molecule has 1 heterocycles. The fraction of sp³-hybridized carbons (Fsp3) is 0.462. The summed E-state index contributed by atoms with van der Waals surface area (Å²) in [4.78, 5) is 12.9. The van der Waals surface area contributed by atoms with E-state index >= 15 is 0 Å². The van der Waals surface area contributed by atoms with Crippen LogP contribution in [0.3, 0.4) is 0 Å². The van der Waals surface area contributed by atoms with Crippen molar-refractivity contribution in [2.45, 2.75) is 31.8 Å². The van der Waals surface area contributed by atoms with Crippen molar-refractivity contribution in [3.63, 3.8) is 0 Å². The van der Waals surface area contributed by atoms with E-state index in [1.807, 2.05) is 0 Å². The summed E-state index contributed by atoms with van der Waals surface area (Å²) in [5.41, 5.74) is 0.994. The largest absolute Gasteiger partial charge is 0.481 e. The van der Waals surface area contributed by atoms with Gasteiger partial charge < -0.3 is 5.11 Å². The Bertz CT molecular complexity index is 453. The molecule has 5 heteroatoms. The number of aliphatic carboxylic acids is 1. The Labute approximate surface area is 114 Å².